The number of thioether (sulfide) groups is 1. The standard InChI is InChI=1S/C26H26N4O3S/c1-17(2)16-30-24(22-13-8-14-33-22)28-29-26(30)34-23(19-9-5-4-6-10-19)25(32)27-21-12-7-11-20(15-21)18(3)31/h4-15,17,23H,16H2,1-3H3,(H,27,32). The molecular formula is C26H26N4O3S. The van der Waals surface area contributed by atoms with Crippen molar-refractivity contribution < 1.29 is 14.0 Å². The van der Waals surface area contributed by atoms with E-state index in [0.29, 0.717) is 40.5 Å². The molecule has 0 saturated heterocycles. The molecule has 4 rings (SSSR count). The maximum atomic E-state index is 13.5. The van der Waals surface area contributed by atoms with Crippen LogP contribution < -0.4 is 5.32 Å². The van der Waals surface area contributed by atoms with E-state index in [4.69, 9.17) is 4.42 Å². The van der Waals surface area contributed by atoms with Crippen molar-refractivity contribution in [2.75, 3.05) is 5.32 Å². The molecule has 1 unspecified atom stereocenters. The zero-order valence-corrected chi connectivity index (χ0v) is 20.1. The van der Waals surface area contributed by atoms with E-state index >= 15 is 0 Å². The van der Waals surface area contributed by atoms with Crippen LogP contribution in [0, 0.1) is 5.92 Å². The average molecular weight is 475 g/mol. The summed E-state index contributed by atoms with van der Waals surface area (Å²) < 4.78 is 7.56. The molecule has 1 N–H and O–H groups in total. The Balaban J connectivity index is 1.67. The SMILES string of the molecule is CC(=O)c1cccc(NC(=O)C(Sc2nnc(-c3ccco3)n2CC(C)C)c2ccccc2)c1. The Labute approximate surface area is 202 Å². The van der Waals surface area contributed by atoms with Crippen LogP contribution in [0.4, 0.5) is 5.69 Å². The van der Waals surface area contributed by atoms with Gasteiger partial charge in [0.2, 0.25) is 5.91 Å². The van der Waals surface area contributed by atoms with Gasteiger partial charge in [0.1, 0.15) is 5.25 Å². The lowest BCUT2D eigenvalue weighted by atomic mass is 10.1. The fourth-order valence-corrected chi connectivity index (χ4v) is 4.57. The van der Waals surface area contributed by atoms with Gasteiger partial charge < -0.3 is 9.73 Å². The first kappa shape index (κ1) is 23.5. The summed E-state index contributed by atoms with van der Waals surface area (Å²) in [7, 11) is 0. The number of nitrogens with one attached hydrogen (secondary N) is 1. The van der Waals surface area contributed by atoms with Crippen LogP contribution in [0.2, 0.25) is 0 Å². The summed E-state index contributed by atoms with van der Waals surface area (Å²) in [6, 6.07) is 20.1. The fraction of sp³-hybridized carbons (Fsp3) is 0.231. The molecule has 0 aliphatic carbocycles. The molecule has 1 atom stereocenters. The summed E-state index contributed by atoms with van der Waals surface area (Å²) in [6.07, 6.45) is 1.60. The number of benzene rings is 2. The van der Waals surface area contributed by atoms with Gasteiger partial charge in [0, 0.05) is 17.8 Å². The number of amides is 1. The second kappa shape index (κ2) is 10.5. The zero-order chi connectivity index (χ0) is 24.1. The molecule has 0 fully saturated rings. The summed E-state index contributed by atoms with van der Waals surface area (Å²) in [5, 5.41) is 11.8. The van der Waals surface area contributed by atoms with Crippen molar-refractivity contribution in [1.82, 2.24) is 14.8 Å². The van der Waals surface area contributed by atoms with Gasteiger partial charge in [-0.2, -0.15) is 0 Å². The maximum Gasteiger partial charge on any atom is 0.242 e. The number of anilines is 1. The highest BCUT2D eigenvalue weighted by Crippen LogP contribution is 2.37. The van der Waals surface area contributed by atoms with Crippen LogP contribution in [-0.4, -0.2) is 26.5 Å². The number of furan rings is 1. The summed E-state index contributed by atoms with van der Waals surface area (Å²) in [5.41, 5.74) is 1.95. The van der Waals surface area contributed by atoms with Gasteiger partial charge in [-0.1, -0.05) is 68.1 Å². The third-order valence-corrected chi connectivity index (χ3v) is 6.34. The van der Waals surface area contributed by atoms with E-state index < -0.39 is 5.25 Å². The molecule has 4 aromatic rings. The Morgan fingerprint density at radius 2 is 1.82 bits per heavy atom. The monoisotopic (exact) mass is 474 g/mol. The van der Waals surface area contributed by atoms with E-state index in [2.05, 4.69) is 29.4 Å². The summed E-state index contributed by atoms with van der Waals surface area (Å²) >= 11 is 1.34. The third kappa shape index (κ3) is 5.46. The van der Waals surface area contributed by atoms with Crippen LogP contribution in [0.3, 0.4) is 0 Å². The second-order valence-corrected chi connectivity index (χ2v) is 9.40. The Morgan fingerprint density at radius 3 is 2.50 bits per heavy atom. The van der Waals surface area contributed by atoms with E-state index in [1.54, 1.807) is 30.5 Å². The number of hydrogen-bond donors (Lipinski definition) is 1. The van der Waals surface area contributed by atoms with Crippen molar-refractivity contribution in [3.63, 3.8) is 0 Å². The highest BCUT2D eigenvalue weighted by atomic mass is 32.2. The summed E-state index contributed by atoms with van der Waals surface area (Å²) in [6.45, 7) is 6.41. The van der Waals surface area contributed by atoms with Crippen molar-refractivity contribution in [3.05, 3.63) is 84.1 Å². The molecule has 7 nitrogen and oxygen atoms in total. The lowest BCUT2D eigenvalue weighted by molar-refractivity contribution is -0.115. The largest absolute Gasteiger partial charge is 0.461 e. The minimum absolute atomic E-state index is 0.0580. The van der Waals surface area contributed by atoms with Crippen molar-refractivity contribution >= 4 is 29.1 Å². The van der Waals surface area contributed by atoms with Gasteiger partial charge in [-0.05, 0) is 42.7 Å². The topological polar surface area (TPSA) is 90.0 Å². The van der Waals surface area contributed by atoms with Gasteiger partial charge >= 0.3 is 0 Å². The number of aromatic nitrogens is 3. The molecule has 8 heteroatoms. The lowest BCUT2D eigenvalue weighted by Gasteiger charge is -2.18. The Morgan fingerprint density at radius 1 is 1.03 bits per heavy atom. The summed E-state index contributed by atoms with van der Waals surface area (Å²) in [5.74, 6) is 1.32. The van der Waals surface area contributed by atoms with E-state index in [1.165, 1.54) is 18.7 Å². The fourth-order valence-electron chi connectivity index (χ4n) is 3.52. The molecule has 0 bridgehead atoms. The van der Waals surface area contributed by atoms with Gasteiger partial charge in [-0.15, -0.1) is 10.2 Å². The van der Waals surface area contributed by atoms with Gasteiger partial charge in [-0.3, -0.25) is 14.2 Å². The van der Waals surface area contributed by atoms with Crippen LogP contribution in [0.1, 0.15) is 41.9 Å². The second-order valence-electron chi connectivity index (χ2n) is 8.32. The van der Waals surface area contributed by atoms with Crippen molar-refractivity contribution in [1.29, 1.82) is 0 Å². The quantitative estimate of drug-likeness (QED) is 0.241. The van der Waals surface area contributed by atoms with Crippen molar-refractivity contribution in [3.8, 4) is 11.6 Å². The summed E-state index contributed by atoms with van der Waals surface area (Å²) in [4.78, 5) is 25.2. The molecule has 34 heavy (non-hydrogen) atoms. The Kier molecular flexibility index (Phi) is 7.27. The van der Waals surface area contributed by atoms with E-state index in [1.807, 2.05) is 47.0 Å². The molecule has 2 heterocycles. The molecule has 0 aliphatic heterocycles. The maximum absolute atomic E-state index is 13.5. The molecule has 0 spiro atoms. The molecule has 1 amide bonds. The van der Waals surface area contributed by atoms with Crippen molar-refractivity contribution in [2.24, 2.45) is 5.92 Å². The van der Waals surface area contributed by atoms with Crippen LogP contribution in [-0.2, 0) is 11.3 Å². The van der Waals surface area contributed by atoms with Crippen LogP contribution in [0.25, 0.3) is 11.6 Å². The minimum Gasteiger partial charge on any atom is -0.461 e. The predicted octanol–water partition coefficient (Wildman–Crippen LogP) is 5.87. The molecule has 2 aromatic carbocycles. The zero-order valence-electron chi connectivity index (χ0n) is 19.3. The Bertz CT molecular complexity index is 1270. The molecule has 2 aromatic heterocycles. The molecule has 0 radical (unpaired) electrons. The number of carbonyl (C=O) groups is 2. The first-order valence-corrected chi connectivity index (χ1v) is 11.9. The van der Waals surface area contributed by atoms with Gasteiger partial charge in [0.15, 0.2) is 22.5 Å². The van der Waals surface area contributed by atoms with E-state index in [0.717, 1.165) is 5.56 Å². The van der Waals surface area contributed by atoms with Crippen LogP contribution in [0.5, 0.6) is 0 Å². The Hall–Kier alpha value is -3.65. The van der Waals surface area contributed by atoms with Crippen molar-refractivity contribution in [2.45, 2.75) is 37.7 Å². The highest BCUT2D eigenvalue weighted by Gasteiger charge is 2.27. The van der Waals surface area contributed by atoms with E-state index in [-0.39, 0.29) is 11.7 Å². The number of hydrogen-bond acceptors (Lipinski definition) is 6. The highest BCUT2D eigenvalue weighted by molar-refractivity contribution is 8.00. The molecule has 0 aliphatic rings. The molecule has 0 saturated carbocycles. The minimum atomic E-state index is -0.582. The van der Waals surface area contributed by atoms with Gasteiger partial charge in [-0.25, -0.2) is 0 Å². The number of ketones is 1. The predicted molar refractivity (Wildman–Crippen MR) is 133 cm³/mol. The number of Topliss-reactive ketones (excluding diaryl/α,β-unsaturated/α-hetero) is 1. The number of rotatable bonds is 9. The molecule has 174 valence electrons. The first-order chi connectivity index (χ1) is 16.4. The number of carbonyl (C=O) groups excluding carboxylic acids is 2. The lowest BCUT2D eigenvalue weighted by Crippen LogP contribution is -2.20. The number of nitrogens with zero attached hydrogens (tertiary/aromatic N) is 3. The van der Waals surface area contributed by atoms with Gasteiger partial charge in [0.25, 0.3) is 0 Å². The molecular weight excluding hydrogens is 448 g/mol. The smallest absolute Gasteiger partial charge is 0.242 e. The van der Waals surface area contributed by atoms with Gasteiger partial charge in [0.05, 0.1) is 6.26 Å². The third-order valence-electron chi connectivity index (χ3n) is 5.11. The average Bonchev–Trinajstić information content (AvgIpc) is 3.48. The van der Waals surface area contributed by atoms with Crippen LogP contribution in [0.15, 0.2) is 82.6 Å². The van der Waals surface area contributed by atoms with Crippen LogP contribution >= 0.6 is 11.8 Å². The van der Waals surface area contributed by atoms with E-state index in [9.17, 15) is 9.59 Å². The normalized spacial score (nSPS) is 12.0. The first-order valence-electron chi connectivity index (χ1n) is 11.0.